The molecule has 5 rings (SSSR count). The van der Waals surface area contributed by atoms with E-state index < -0.39 is 0 Å². The number of H-pyrrole nitrogens is 1. The minimum absolute atomic E-state index is 0.276. The largest absolute Gasteiger partial charge is 0.472 e. The molecule has 0 unspecified atom stereocenters. The molecular formula is C18H12N2O3. The third kappa shape index (κ3) is 1.90. The number of hydrogen-bond acceptors (Lipinski definition) is 4. The van der Waals surface area contributed by atoms with Gasteiger partial charge in [0.1, 0.15) is 5.65 Å². The molecule has 1 aromatic carbocycles. The summed E-state index contributed by atoms with van der Waals surface area (Å²) in [5, 5.41) is 1.06. The van der Waals surface area contributed by atoms with Gasteiger partial charge in [-0.15, -0.1) is 0 Å². The molecule has 1 N–H and O–H groups in total. The number of fused-ring (bicyclic) bond motifs is 2. The van der Waals surface area contributed by atoms with Gasteiger partial charge in [-0.2, -0.15) is 0 Å². The van der Waals surface area contributed by atoms with Crippen LogP contribution in [-0.2, 0) is 0 Å². The number of aromatic nitrogens is 2. The minimum Gasteiger partial charge on any atom is -0.472 e. The van der Waals surface area contributed by atoms with Gasteiger partial charge < -0.3 is 18.9 Å². The van der Waals surface area contributed by atoms with Crippen molar-refractivity contribution in [3.05, 3.63) is 55.3 Å². The number of nitrogens with one attached hydrogen (secondary N) is 1. The fourth-order valence-corrected chi connectivity index (χ4v) is 2.89. The summed E-state index contributed by atoms with van der Waals surface area (Å²) in [7, 11) is 0. The summed E-state index contributed by atoms with van der Waals surface area (Å²) >= 11 is 0. The number of pyridine rings is 1. The molecule has 112 valence electrons. The van der Waals surface area contributed by atoms with Crippen LogP contribution in [0, 0.1) is 0 Å². The van der Waals surface area contributed by atoms with E-state index in [4.69, 9.17) is 13.9 Å². The summed E-state index contributed by atoms with van der Waals surface area (Å²) in [6, 6.07) is 9.99. The van der Waals surface area contributed by atoms with Gasteiger partial charge in [-0.1, -0.05) is 6.07 Å². The highest BCUT2D eigenvalue weighted by Crippen LogP contribution is 2.37. The molecule has 0 amide bonds. The smallest absolute Gasteiger partial charge is 0.231 e. The molecule has 0 aliphatic carbocycles. The van der Waals surface area contributed by atoms with Crippen molar-refractivity contribution in [2.75, 3.05) is 6.79 Å². The van der Waals surface area contributed by atoms with Crippen LogP contribution in [-0.4, -0.2) is 16.8 Å². The zero-order chi connectivity index (χ0) is 15.2. The zero-order valence-corrected chi connectivity index (χ0v) is 12.1. The van der Waals surface area contributed by atoms with E-state index in [2.05, 4.69) is 16.0 Å². The van der Waals surface area contributed by atoms with Gasteiger partial charge in [-0.3, -0.25) is 0 Å². The maximum absolute atomic E-state index is 5.45. The normalized spacial score (nSPS) is 12.9. The zero-order valence-electron chi connectivity index (χ0n) is 12.1. The van der Waals surface area contributed by atoms with Gasteiger partial charge in [0.15, 0.2) is 11.5 Å². The Morgan fingerprint density at radius 3 is 2.83 bits per heavy atom. The average molecular weight is 304 g/mol. The van der Waals surface area contributed by atoms with Crippen LogP contribution in [0.2, 0.25) is 0 Å². The van der Waals surface area contributed by atoms with Gasteiger partial charge in [0.2, 0.25) is 6.79 Å². The van der Waals surface area contributed by atoms with E-state index in [1.807, 2.05) is 36.7 Å². The molecule has 4 aromatic rings. The Hall–Kier alpha value is -3.21. The Morgan fingerprint density at radius 2 is 1.91 bits per heavy atom. The first-order valence-corrected chi connectivity index (χ1v) is 7.28. The van der Waals surface area contributed by atoms with Gasteiger partial charge in [-0.25, -0.2) is 4.98 Å². The fourth-order valence-electron chi connectivity index (χ4n) is 2.89. The molecule has 0 saturated heterocycles. The molecule has 1 aliphatic rings. The number of nitrogens with zero attached hydrogens (tertiary/aromatic N) is 1. The molecule has 0 atom stereocenters. The van der Waals surface area contributed by atoms with E-state index in [0.29, 0.717) is 0 Å². The van der Waals surface area contributed by atoms with Crippen molar-refractivity contribution in [2.24, 2.45) is 0 Å². The Morgan fingerprint density at radius 1 is 0.957 bits per heavy atom. The molecule has 1 aliphatic heterocycles. The van der Waals surface area contributed by atoms with Crippen LogP contribution in [0.4, 0.5) is 0 Å². The predicted octanol–water partition coefficient (Wildman–Crippen LogP) is 4.22. The molecule has 5 heteroatoms. The Kier molecular flexibility index (Phi) is 2.49. The second-order valence-corrected chi connectivity index (χ2v) is 5.40. The lowest BCUT2D eigenvalue weighted by molar-refractivity contribution is 0.174. The number of aromatic amines is 1. The van der Waals surface area contributed by atoms with Crippen molar-refractivity contribution in [1.82, 2.24) is 9.97 Å². The first-order valence-electron chi connectivity index (χ1n) is 7.28. The third-order valence-electron chi connectivity index (χ3n) is 4.07. The maximum atomic E-state index is 5.45. The Labute approximate surface area is 131 Å². The van der Waals surface area contributed by atoms with Crippen LogP contribution in [0.25, 0.3) is 33.3 Å². The molecule has 23 heavy (non-hydrogen) atoms. The van der Waals surface area contributed by atoms with E-state index in [-0.39, 0.29) is 6.79 Å². The van der Waals surface area contributed by atoms with Crippen LogP contribution < -0.4 is 9.47 Å². The van der Waals surface area contributed by atoms with Gasteiger partial charge in [0.25, 0.3) is 0 Å². The Balaban J connectivity index is 1.66. The summed E-state index contributed by atoms with van der Waals surface area (Å²) in [6.45, 7) is 0.276. The molecule has 4 heterocycles. The number of hydrogen-bond donors (Lipinski definition) is 1. The molecule has 0 spiro atoms. The summed E-state index contributed by atoms with van der Waals surface area (Å²) in [6.07, 6.45) is 7.21. The average Bonchev–Trinajstić information content (AvgIpc) is 3.32. The van der Waals surface area contributed by atoms with Gasteiger partial charge in [0.05, 0.1) is 12.5 Å². The van der Waals surface area contributed by atoms with Crippen molar-refractivity contribution < 1.29 is 13.9 Å². The topological polar surface area (TPSA) is 60.3 Å². The monoisotopic (exact) mass is 304 g/mol. The van der Waals surface area contributed by atoms with Crippen molar-refractivity contribution in [3.8, 4) is 33.8 Å². The van der Waals surface area contributed by atoms with Crippen LogP contribution in [0.15, 0.2) is 59.7 Å². The molecule has 0 radical (unpaired) electrons. The van der Waals surface area contributed by atoms with Crippen LogP contribution >= 0.6 is 0 Å². The first kappa shape index (κ1) is 12.3. The third-order valence-corrected chi connectivity index (χ3v) is 4.07. The van der Waals surface area contributed by atoms with Crippen LogP contribution in [0.3, 0.4) is 0 Å². The number of rotatable bonds is 2. The summed E-state index contributed by atoms with van der Waals surface area (Å²) in [5.41, 5.74) is 5.03. The maximum Gasteiger partial charge on any atom is 0.231 e. The highest BCUT2D eigenvalue weighted by atomic mass is 16.7. The summed E-state index contributed by atoms with van der Waals surface area (Å²) < 4.78 is 16.0. The molecule has 5 nitrogen and oxygen atoms in total. The number of benzene rings is 1. The predicted molar refractivity (Wildman–Crippen MR) is 85.4 cm³/mol. The second-order valence-electron chi connectivity index (χ2n) is 5.40. The molecular weight excluding hydrogens is 292 g/mol. The van der Waals surface area contributed by atoms with Crippen LogP contribution in [0.1, 0.15) is 0 Å². The van der Waals surface area contributed by atoms with Crippen molar-refractivity contribution in [1.29, 1.82) is 0 Å². The van der Waals surface area contributed by atoms with Crippen LogP contribution in [0.5, 0.6) is 11.5 Å². The summed E-state index contributed by atoms with van der Waals surface area (Å²) in [4.78, 5) is 7.72. The minimum atomic E-state index is 0.276. The number of furan rings is 1. The molecule has 0 fully saturated rings. The van der Waals surface area contributed by atoms with Gasteiger partial charge in [0, 0.05) is 34.5 Å². The summed E-state index contributed by atoms with van der Waals surface area (Å²) in [5.74, 6) is 1.55. The standard InChI is InChI=1S/C18H12N2O3/c1-2-16-17(23-10-22-16)6-11(1)13-5-14-15(12-3-4-21-9-12)8-20-18(14)19-7-13/h1-9H,10H2,(H,19,20). The molecule has 3 aromatic heterocycles. The van der Waals surface area contributed by atoms with E-state index in [1.165, 1.54) is 0 Å². The highest BCUT2D eigenvalue weighted by molar-refractivity contribution is 5.95. The van der Waals surface area contributed by atoms with E-state index in [9.17, 15) is 0 Å². The molecule has 0 saturated carbocycles. The lowest BCUT2D eigenvalue weighted by Gasteiger charge is -2.04. The Bertz CT molecular complexity index is 1000. The lowest BCUT2D eigenvalue weighted by atomic mass is 10.0. The second kappa shape index (κ2) is 4.64. The van der Waals surface area contributed by atoms with E-state index >= 15 is 0 Å². The number of ether oxygens (including phenoxy) is 2. The molecule has 0 bridgehead atoms. The fraction of sp³-hybridized carbons (Fsp3) is 0.0556. The SMILES string of the molecule is c1cc(-c2c[nH]c3ncc(-c4ccc5c(c4)OCO5)cc23)co1. The van der Waals surface area contributed by atoms with E-state index in [0.717, 1.165) is 44.8 Å². The lowest BCUT2D eigenvalue weighted by Crippen LogP contribution is -1.92. The van der Waals surface area contributed by atoms with Gasteiger partial charge in [-0.05, 0) is 29.8 Å². The van der Waals surface area contributed by atoms with Crippen molar-refractivity contribution in [2.45, 2.75) is 0 Å². The highest BCUT2D eigenvalue weighted by Gasteiger charge is 2.15. The first-order chi connectivity index (χ1) is 11.4. The quantitative estimate of drug-likeness (QED) is 0.602. The van der Waals surface area contributed by atoms with E-state index in [1.54, 1.807) is 12.5 Å². The van der Waals surface area contributed by atoms with Crippen molar-refractivity contribution >= 4 is 11.0 Å². The van der Waals surface area contributed by atoms with Crippen molar-refractivity contribution in [3.63, 3.8) is 0 Å². The van der Waals surface area contributed by atoms with Gasteiger partial charge >= 0.3 is 0 Å².